The molecule has 176 valence electrons. The lowest BCUT2D eigenvalue weighted by molar-refractivity contribution is -0.174. The van der Waals surface area contributed by atoms with Gasteiger partial charge >= 0.3 is 0 Å². The van der Waals surface area contributed by atoms with Crippen molar-refractivity contribution < 1.29 is 34.8 Å². The summed E-state index contributed by atoms with van der Waals surface area (Å²) in [5.74, 6) is -7.50. The monoisotopic (exact) mass is 485 g/mol. The Morgan fingerprint density at radius 3 is 2.47 bits per heavy atom. The zero-order valence-electron chi connectivity index (χ0n) is 17.6. The maximum absolute atomic E-state index is 13.5. The van der Waals surface area contributed by atoms with Crippen LogP contribution in [0.15, 0.2) is 30.1 Å². The summed E-state index contributed by atoms with van der Waals surface area (Å²) in [7, 11) is 0. The number of Topliss-reactive ketones (excluding diaryl/α,β-unsaturated/α-hetero) is 2. The fourth-order valence-electron chi connectivity index (χ4n) is 5.65. The maximum atomic E-state index is 13.5. The van der Waals surface area contributed by atoms with Crippen LogP contribution >= 0.6 is 11.6 Å². The minimum atomic E-state index is -2.60. The minimum Gasteiger partial charge on any atom is -0.507 e. The molecule has 2 aromatic rings. The molecular weight excluding hydrogens is 466 g/mol. The molecule has 0 radical (unpaired) electrons. The Labute approximate surface area is 197 Å². The van der Waals surface area contributed by atoms with Gasteiger partial charge in [-0.15, -0.1) is 0 Å². The summed E-state index contributed by atoms with van der Waals surface area (Å²) in [4.78, 5) is 46.2. The smallest absolute Gasteiger partial charge is 0.230 e. The van der Waals surface area contributed by atoms with E-state index in [1.54, 1.807) is 6.07 Å². The third kappa shape index (κ3) is 2.99. The predicted molar refractivity (Wildman–Crippen MR) is 117 cm³/mol. The van der Waals surface area contributed by atoms with Gasteiger partial charge in [0.1, 0.15) is 17.4 Å². The first-order valence-electron chi connectivity index (χ1n) is 10.6. The number of fused-ring (bicyclic) bond motifs is 3. The van der Waals surface area contributed by atoms with Crippen LogP contribution in [0.3, 0.4) is 0 Å². The average molecular weight is 486 g/mol. The van der Waals surface area contributed by atoms with Crippen molar-refractivity contribution >= 4 is 34.8 Å². The summed E-state index contributed by atoms with van der Waals surface area (Å²) in [6.45, 7) is 0. The molecule has 11 heteroatoms. The van der Waals surface area contributed by atoms with Gasteiger partial charge in [0.2, 0.25) is 17.0 Å². The molecule has 2 fully saturated rings. The molecule has 0 aliphatic heterocycles. The van der Waals surface area contributed by atoms with Gasteiger partial charge in [0.05, 0.1) is 11.7 Å². The lowest BCUT2D eigenvalue weighted by Crippen LogP contribution is -2.66. The molecule has 1 amide bonds. The minimum absolute atomic E-state index is 0.00356. The Balaban J connectivity index is 1.66. The zero-order valence-corrected chi connectivity index (χ0v) is 18.4. The maximum Gasteiger partial charge on any atom is 0.230 e. The van der Waals surface area contributed by atoms with E-state index in [1.165, 1.54) is 18.5 Å². The number of rotatable bonds is 2. The van der Waals surface area contributed by atoms with Gasteiger partial charge in [0.25, 0.3) is 0 Å². The second-order valence-electron chi connectivity index (χ2n) is 8.97. The molecule has 34 heavy (non-hydrogen) atoms. The molecule has 1 aromatic heterocycles. The van der Waals surface area contributed by atoms with Crippen molar-refractivity contribution in [3.8, 4) is 16.9 Å². The standard InChI is InChI=1S/C23H20ClN3O7/c24-22-26-6-9(7-27-22)11-1-2-13(28)16-12(11)4-8-3-10-5-14(29)17(21(25)33)20(32)23(10,34)19(31)15(8)18(16)30/h1-2,6-8,10,14,17,28-30,34H,3-5H2,(H2,25,33)/t8-,10+,14?,17?,23+/m1/s1. The Bertz CT molecular complexity index is 1290. The van der Waals surface area contributed by atoms with E-state index in [-0.39, 0.29) is 41.4 Å². The van der Waals surface area contributed by atoms with Crippen LogP contribution in [-0.4, -0.2) is 59.6 Å². The number of aromatic nitrogens is 2. The number of aliphatic hydroxyl groups is 3. The molecule has 0 bridgehead atoms. The number of ketones is 2. The van der Waals surface area contributed by atoms with Crippen LogP contribution in [0.2, 0.25) is 5.28 Å². The van der Waals surface area contributed by atoms with Gasteiger partial charge in [0, 0.05) is 29.4 Å². The van der Waals surface area contributed by atoms with Crippen molar-refractivity contribution in [2.45, 2.75) is 31.0 Å². The summed E-state index contributed by atoms with van der Waals surface area (Å²) in [5.41, 5.74) is 4.16. The molecule has 0 saturated heterocycles. The quantitative estimate of drug-likeness (QED) is 0.301. The number of carbonyl (C=O) groups excluding carboxylic acids is 3. The largest absolute Gasteiger partial charge is 0.507 e. The second kappa shape index (κ2) is 7.59. The van der Waals surface area contributed by atoms with Crippen molar-refractivity contribution in [1.29, 1.82) is 0 Å². The fourth-order valence-corrected chi connectivity index (χ4v) is 5.74. The van der Waals surface area contributed by atoms with Gasteiger partial charge in [-0.25, -0.2) is 9.97 Å². The van der Waals surface area contributed by atoms with Crippen LogP contribution in [0.1, 0.15) is 24.0 Å². The molecule has 5 rings (SSSR count). The lowest BCUT2D eigenvalue weighted by Gasteiger charge is -2.48. The molecule has 5 atom stereocenters. The van der Waals surface area contributed by atoms with E-state index in [9.17, 15) is 34.8 Å². The number of nitrogens with zero attached hydrogens (tertiary/aromatic N) is 2. The summed E-state index contributed by atoms with van der Waals surface area (Å²) < 4.78 is 0. The van der Waals surface area contributed by atoms with Crippen LogP contribution in [0.25, 0.3) is 16.9 Å². The highest BCUT2D eigenvalue weighted by Crippen LogP contribution is 2.52. The fraction of sp³-hybridized carbons (Fsp3) is 0.348. The highest BCUT2D eigenvalue weighted by Gasteiger charge is 2.63. The number of phenolic OH excluding ortho intramolecular Hbond substituents is 1. The normalized spacial score (nSPS) is 30.4. The lowest BCUT2D eigenvalue weighted by atomic mass is 9.56. The number of carbonyl (C=O) groups is 3. The Morgan fingerprint density at radius 2 is 1.82 bits per heavy atom. The summed E-state index contributed by atoms with van der Waals surface area (Å²) >= 11 is 5.78. The molecule has 2 saturated carbocycles. The number of hydrogen-bond acceptors (Lipinski definition) is 9. The third-order valence-electron chi connectivity index (χ3n) is 7.20. The summed E-state index contributed by atoms with van der Waals surface area (Å²) in [5, 5.41) is 43.3. The number of halogens is 1. The summed E-state index contributed by atoms with van der Waals surface area (Å²) in [6, 6.07) is 2.97. The highest BCUT2D eigenvalue weighted by molar-refractivity contribution is 6.28. The van der Waals surface area contributed by atoms with Crippen LogP contribution in [0.4, 0.5) is 0 Å². The molecular formula is C23H20ClN3O7. The van der Waals surface area contributed by atoms with Crippen molar-refractivity contribution in [1.82, 2.24) is 9.97 Å². The van der Waals surface area contributed by atoms with Crippen molar-refractivity contribution in [2.75, 3.05) is 0 Å². The SMILES string of the molecule is NC(=O)C1C(=O)[C@@]2(O)C(=O)C3=C(O)c4c(O)ccc(-c5cnc(Cl)nc5)c4C[C@H]3C[C@H]2CC1O. The van der Waals surface area contributed by atoms with Crippen molar-refractivity contribution in [3.63, 3.8) is 0 Å². The number of aliphatic hydroxyl groups excluding tert-OH is 2. The van der Waals surface area contributed by atoms with Crippen molar-refractivity contribution in [2.24, 2.45) is 23.5 Å². The molecule has 0 spiro atoms. The van der Waals surface area contributed by atoms with Gasteiger partial charge in [0.15, 0.2) is 11.4 Å². The molecule has 6 N–H and O–H groups in total. The number of aromatic hydroxyl groups is 1. The average Bonchev–Trinajstić information content (AvgIpc) is 2.77. The van der Waals surface area contributed by atoms with Crippen molar-refractivity contribution in [3.05, 3.63) is 46.5 Å². The molecule has 10 nitrogen and oxygen atoms in total. The first-order chi connectivity index (χ1) is 16.1. The number of nitrogens with two attached hydrogens (primary N) is 1. The number of benzene rings is 1. The van der Waals surface area contributed by atoms with Crippen LogP contribution in [0.5, 0.6) is 5.75 Å². The van der Waals surface area contributed by atoms with E-state index in [0.717, 1.165) is 0 Å². The Kier molecular flexibility index (Phi) is 5.01. The molecule has 1 aromatic carbocycles. The number of hydrogen-bond donors (Lipinski definition) is 5. The topological polar surface area (TPSA) is 184 Å². The van der Waals surface area contributed by atoms with E-state index >= 15 is 0 Å². The molecule has 3 aliphatic rings. The van der Waals surface area contributed by atoms with E-state index in [1.807, 2.05) is 0 Å². The Hall–Kier alpha value is -3.34. The van der Waals surface area contributed by atoms with Crippen LogP contribution in [-0.2, 0) is 20.8 Å². The van der Waals surface area contributed by atoms with E-state index < -0.39 is 52.7 Å². The second-order valence-corrected chi connectivity index (χ2v) is 9.30. The summed E-state index contributed by atoms with van der Waals surface area (Å²) in [6.07, 6.45) is 1.65. The number of phenols is 1. The van der Waals surface area contributed by atoms with Gasteiger partial charge < -0.3 is 26.2 Å². The third-order valence-corrected chi connectivity index (χ3v) is 7.39. The van der Waals surface area contributed by atoms with E-state index in [0.29, 0.717) is 16.7 Å². The first kappa shape index (κ1) is 22.5. The van der Waals surface area contributed by atoms with Gasteiger partial charge in [-0.1, -0.05) is 6.07 Å². The number of amides is 1. The number of primary amides is 1. The van der Waals surface area contributed by atoms with Gasteiger partial charge in [-0.3, -0.25) is 14.4 Å². The molecule has 2 unspecified atom stereocenters. The highest BCUT2D eigenvalue weighted by atomic mass is 35.5. The zero-order chi connectivity index (χ0) is 24.5. The van der Waals surface area contributed by atoms with E-state index in [4.69, 9.17) is 17.3 Å². The van der Waals surface area contributed by atoms with Gasteiger partial charge in [-0.05, 0) is 54.0 Å². The first-order valence-corrected chi connectivity index (χ1v) is 11.0. The molecule has 1 heterocycles. The van der Waals surface area contributed by atoms with E-state index in [2.05, 4.69) is 9.97 Å². The van der Waals surface area contributed by atoms with Crippen LogP contribution in [0, 0.1) is 17.8 Å². The predicted octanol–water partition coefficient (Wildman–Crippen LogP) is 0.699. The van der Waals surface area contributed by atoms with Crippen LogP contribution < -0.4 is 5.73 Å². The van der Waals surface area contributed by atoms with Gasteiger partial charge in [-0.2, -0.15) is 0 Å². The Morgan fingerprint density at radius 1 is 1.15 bits per heavy atom. The molecule has 3 aliphatic carbocycles.